The lowest BCUT2D eigenvalue weighted by Gasteiger charge is -2.42. The number of rotatable bonds is 5. The molecule has 0 saturated carbocycles. The number of ether oxygens (including phenoxy) is 1. The molecule has 6 heteroatoms. The summed E-state index contributed by atoms with van der Waals surface area (Å²) < 4.78 is 28.0. The number of alkyl halides is 1. The van der Waals surface area contributed by atoms with Gasteiger partial charge in [-0.05, 0) is 26.8 Å². The lowest BCUT2D eigenvalue weighted by Crippen LogP contribution is -2.53. The molecule has 17 heavy (non-hydrogen) atoms. The standard InChI is InChI=1S/C11H22BrNO3S/c1-11(2)9-13(8-10(7-12)16-11)5-4-6-17(3,14)15/h10H,4-9H2,1-3H3. The Morgan fingerprint density at radius 2 is 2.12 bits per heavy atom. The highest BCUT2D eigenvalue weighted by Gasteiger charge is 2.32. The second-order valence-electron chi connectivity index (χ2n) is 5.37. The molecule has 102 valence electrons. The summed E-state index contributed by atoms with van der Waals surface area (Å²) in [7, 11) is -2.84. The SMILES string of the molecule is CC1(C)CN(CCCS(C)(=O)=O)CC(CBr)O1. The minimum Gasteiger partial charge on any atom is -0.369 e. The number of nitrogens with zero attached hydrogens (tertiary/aromatic N) is 1. The molecule has 0 aliphatic carbocycles. The fourth-order valence-electron chi connectivity index (χ4n) is 2.22. The van der Waals surface area contributed by atoms with E-state index in [1.54, 1.807) is 0 Å². The van der Waals surface area contributed by atoms with E-state index in [0.29, 0.717) is 6.42 Å². The van der Waals surface area contributed by atoms with E-state index in [9.17, 15) is 8.42 Å². The first-order valence-corrected chi connectivity index (χ1v) is 9.04. The summed E-state index contributed by atoms with van der Waals surface area (Å²) >= 11 is 3.44. The molecule has 0 N–H and O–H groups in total. The maximum Gasteiger partial charge on any atom is 0.147 e. The van der Waals surface area contributed by atoms with Gasteiger partial charge in [-0.1, -0.05) is 15.9 Å². The summed E-state index contributed by atoms with van der Waals surface area (Å²) in [6.07, 6.45) is 2.18. The zero-order valence-electron chi connectivity index (χ0n) is 10.8. The molecular weight excluding hydrogens is 306 g/mol. The quantitative estimate of drug-likeness (QED) is 0.714. The molecule has 1 rings (SSSR count). The molecule has 1 unspecified atom stereocenters. The van der Waals surface area contributed by atoms with E-state index in [2.05, 4.69) is 34.7 Å². The van der Waals surface area contributed by atoms with Crippen molar-refractivity contribution in [2.75, 3.05) is 37.0 Å². The van der Waals surface area contributed by atoms with Gasteiger partial charge in [0.1, 0.15) is 9.84 Å². The first-order valence-electron chi connectivity index (χ1n) is 5.86. The number of morpholine rings is 1. The van der Waals surface area contributed by atoms with Crippen LogP contribution in [-0.4, -0.2) is 62.0 Å². The molecule has 1 heterocycles. The lowest BCUT2D eigenvalue weighted by atomic mass is 10.1. The van der Waals surface area contributed by atoms with Crippen molar-refractivity contribution in [2.24, 2.45) is 0 Å². The Morgan fingerprint density at radius 3 is 2.65 bits per heavy atom. The van der Waals surface area contributed by atoms with Crippen LogP contribution in [-0.2, 0) is 14.6 Å². The van der Waals surface area contributed by atoms with Crippen LogP contribution in [0.1, 0.15) is 20.3 Å². The molecule has 0 aromatic heterocycles. The van der Waals surface area contributed by atoms with Crippen molar-refractivity contribution in [3.05, 3.63) is 0 Å². The molecule has 0 amide bonds. The van der Waals surface area contributed by atoms with Crippen LogP contribution >= 0.6 is 15.9 Å². The number of halogens is 1. The van der Waals surface area contributed by atoms with Crippen LogP contribution in [0.4, 0.5) is 0 Å². The lowest BCUT2D eigenvalue weighted by molar-refractivity contribution is -0.126. The van der Waals surface area contributed by atoms with E-state index < -0.39 is 9.84 Å². The van der Waals surface area contributed by atoms with Crippen LogP contribution in [0.25, 0.3) is 0 Å². The zero-order chi connectivity index (χ0) is 13.1. The predicted molar refractivity (Wildman–Crippen MR) is 73.5 cm³/mol. The summed E-state index contributed by atoms with van der Waals surface area (Å²) in [6.45, 7) is 6.71. The summed E-state index contributed by atoms with van der Waals surface area (Å²) in [6, 6.07) is 0. The summed E-state index contributed by atoms with van der Waals surface area (Å²) in [5.74, 6) is 0.268. The fourth-order valence-corrected chi connectivity index (χ4v) is 3.21. The Bertz CT molecular complexity index is 343. The molecule has 1 atom stereocenters. The van der Waals surface area contributed by atoms with Crippen molar-refractivity contribution < 1.29 is 13.2 Å². The molecule has 1 saturated heterocycles. The molecule has 1 aliphatic heterocycles. The first-order chi connectivity index (χ1) is 7.72. The Morgan fingerprint density at radius 1 is 1.47 bits per heavy atom. The second-order valence-corrected chi connectivity index (χ2v) is 8.28. The van der Waals surface area contributed by atoms with Crippen molar-refractivity contribution in [3.8, 4) is 0 Å². The van der Waals surface area contributed by atoms with Gasteiger partial charge in [-0.3, -0.25) is 4.90 Å². The normalized spacial score (nSPS) is 26.0. The summed E-state index contributed by atoms with van der Waals surface area (Å²) in [5, 5.41) is 0.818. The van der Waals surface area contributed by atoms with Gasteiger partial charge in [0.15, 0.2) is 0 Å². The molecule has 1 aliphatic rings. The van der Waals surface area contributed by atoms with Gasteiger partial charge in [0.25, 0.3) is 0 Å². The van der Waals surface area contributed by atoms with Gasteiger partial charge in [-0.25, -0.2) is 8.42 Å². The minimum absolute atomic E-state index is 0.151. The topological polar surface area (TPSA) is 46.6 Å². The van der Waals surface area contributed by atoms with Gasteiger partial charge < -0.3 is 4.74 Å². The predicted octanol–water partition coefficient (Wildman–Crippen LogP) is 1.30. The van der Waals surface area contributed by atoms with Crippen molar-refractivity contribution in [3.63, 3.8) is 0 Å². The fraction of sp³-hybridized carbons (Fsp3) is 1.00. The molecule has 0 bridgehead atoms. The van der Waals surface area contributed by atoms with Crippen molar-refractivity contribution >= 4 is 25.8 Å². The van der Waals surface area contributed by atoms with Gasteiger partial charge in [0.05, 0.1) is 17.5 Å². The number of hydrogen-bond donors (Lipinski definition) is 0. The van der Waals surface area contributed by atoms with Crippen LogP contribution in [0, 0.1) is 0 Å². The zero-order valence-corrected chi connectivity index (χ0v) is 13.2. The summed E-state index contributed by atoms with van der Waals surface area (Å²) in [4.78, 5) is 2.29. The Hall–Kier alpha value is 0.350. The van der Waals surface area contributed by atoms with E-state index in [-0.39, 0.29) is 17.5 Å². The van der Waals surface area contributed by atoms with Crippen LogP contribution in [0.2, 0.25) is 0 Å². The molecule has 0 radical (unpaired) electrons. The third-order valence-electron chi connectivity index (χ3n) is 2.71. The van der Waals surface area contributed by atoms with E-state index in [4.69, 9.17) is 4.74 Å². The van der Waals surface area contributed by atoms with E-state index in [1.807, 2.05) is 0 Å². The van der Waals surface area contributed by atoms with Crippen LogP contribution in [0.15, 0.2) is 0 Å². The Balaban J connectivity index is 2.42. The van der Waals surface area contributed by atoms with Gasteiger partial charge in [0.2, 0.25) is 0 Å². The van der Waals surface area contributed by atoms with Gasteiger partial charge in [-0.2, -0.15) is 0 Å². The maximum atomic E-state index is 11.1. The van der Waals surface area contributed by atoms with E-state index in [1.165, 1.54) is 6.26 Å². The number of sulfone groups is 1. The highest BCUT2D eigenvalue weighted by Crippen LogP contribution is 2.22. The van der Waals surface area contributed by atoms with Crippen LogP contribution in [0.3, 0.4) is 0 Å². The number of hydrogen-bond acceptors (Lipinski definition) is 4. The van der Waals surface area contributed by atoms with Gasteiger partial charge in [0, 0.05) is 24.7 Å². The monoisotopic (exact) mass is 327 g/mol. The van der Waals surface area contributed by atoms with Crippen molar-refractivity contribution in [1.82, 2.24) is 4.90 Å². The largest absolute Gasteiger partial charge is 0.369 e. The van der Waals surface area contributed by atoms with Gasteiger partial charge in [-0.15, -0.1) is 0 Å². The molecule has 0 aromatic carbocycles. The highest BCUT2D eigenvalue weighted by molar-refractivity contribution is 9.09. The van der Waals surface area contributed by atoms with Gasteiger partial charge >= 0.3 is 0 Å². The third kappa shape index (κ3) is 6.18. The summed E-state index contributed by atoms with van der Waals surface area (Å²) in [5.41, 5.74) is -0.151. The minimum atomic E-state index is -2.84. The smallest absolute Gasteiger partial charge is 0.147 e. The third-order valence-corrected chi connectivity index (χ3v) is 4.47. The first kappa shape index (κ1) is 15.4. The van der Waals surface area contributed by atoms with Crippen molar-refractivity contribution in [1.29, 1.82) is 0 Å². The van der Waals surface area contributed by atoms with Crippen LogP contribution < -0.4 is 0 Å². The van der Waals surface area contributed by atoms with E-state index in [0.717, 1.165) is 25.0 Å². The molecular formula is C11H22BrNO3S. The average molecular weight is 328 g/mol. The second kappa shape index (κ2) is 5.99. The molecule has 0 spiro atoms. The Labute approximate surface area is 113 Å². The van der Waals surface area contributed by atoms with Crippen LogP contribution in [0.5, 0.6) is 0 Å². The molecule has 4 nitrogen and oxygen atoms in total. The maximum absolute atomic E-state index is 11.1. The Kier molecular flexibility index (Phi) is 5.43. The van der Waals surface area contributed by atoms with Crippen molar-refractivity contribution in [2.45, 2.75) is 32.0 Å². The van der Waals surface area contributed by atoms with E-state index >= 15 is 0 Å². The molecule has 0 aromatic rings. The molecule has 1 fully saturated rings. The highest BCUT2D eigenvalue weighted by atomic mass is 79.9. The average Bonchev–Trinajstić information content (AvgIpc) is 2.13.